The minimum absolute atomic E-state index is 0. The smallest absolute Gasteiger partial charge is 0.573 e. The molecule has 11 nitrogen and oxygen atoms in total. The van der Waals surface area contributed by atoms with Gasteiger partial charge in [0.15, 0.2) is 0 Å². The second-order valence-electron chi connectivity index (χ2n) is 16.9. The monoisotopic (exact) mass is 1090 g/mol. The molecule has 0 fully saturated rings. The number of hydrogen-bond acceptors (Lipinski definition) is 8. The van der Waals surface area contributed by atoms with Gasteiger partial charge in [-0.3, -0.25) is 10.1 Å². The van der Waals surface area contributed by atoms with E-state index in [0.717, 1.165) is 144 Å². The molecule has 12 heteroatoms. The van der Waals surface area contributed by atoms with E-state index in [1.165, 1.54) is 16.9 Å². The van der Waals surface area contributed by atoms with Crippen molar-refractivity contribution in [3.8, 4) is 79.2 Å². The number of aryl methyl sites for hydroxylation is 3. The van der Waals surface area contributed by atoms with Gasteiger partial charge in [-0.1, -0.05) is 112 Å². The number of H-pyrrole nitrogens is 1. The van der Waals surface area contributed by atoms with Gasteiger partial charge in [0, 0.05) is 50.6 Å². The van der Waals surface area contributed by atoms with E-state index in [1.54, 1.807) is 0 Å². The fourth-order valence-electron chi connectivity index (χ4n) is 8.98. The van der Waals surface area contributed by atoms with Gasteiger partial charge in [0.05, 0.1) is 52.1 Å². The zero-order chi connectivity index (χ0) is 47.3. The molecule has 7 aromatic heterocycles. The third-order valence-corrected chi connectivity index (χ3v) is 12.9. The number of hydrogen-bond donors (Lipinski definition) is 1. The number of aromatic amines is 1. The second kappa shape index (κ2) is 21.4. The van der Waals surface area contributed by atoms with Crippen LogP contribution in [-0.2, 0) is 40.3 Å². The van der Waals surface area contributed by atoms with Gasteiger partial charge >= 0.3 is 21.1 Å². The number of pyridine rings is 4. The van der Waals surface area contributed by atoms with Crippen LogP contribution < -0.4 is 10.2 Å². The van der Waals surface area contributed by atoms with Crippen LogP contribution in [0.5, 0.6) is 0 Å². The van der Waals surface area contributed by atoms with Crippen molar-refractivity contribution in [2.24, 2.45) is 4.99 Å². The van der Waals surface area contributed by atoms with Gasteiger partial charge in [-0.25, -0.2) is 19.9 Å². The molecule has 0 spiro atoms. The second-order valence-corrected chi connectivity index (χ2v) is 16.9. The van der Waals surface area contributed by atoms with Crippen molar-refractivity contribution >= 4 is 11.3 Å². The molecular formula is C57H55N11Pt. The van der Waals surface area contributed by atoms with Crippen molar-refractivity contribution in [3.63, 3.8) is 0 Å². The number of nitrogens with zero attached hydrogens (tertiary/aromatic N) is 10. The molecule has 0 unspecified atom stereocenters. The molecule has 69 heavy (non-hydrogen) atoms. The summed E-state index contributed by atoms with van der Waals surface area (Å²) in [6, 6.07) is 41.0. The first-order valence-electron chi connectivity index (χ1n) is 23.5. The Bertz CT molecular complexity index is 3220. The molecule has 0 saturated heterocycles. The maximum absolute atomic E-state index is 5.06. The van der Waals surface area contributed by atoms with Gasteiger partial charge in [0.1, 0.15) is 5.69 Å². The molecule has 2 aromatic carbocycles. The Morgan fingerprint density at radius 2 is 0.855 bits per heavy atom. The van der Waals surface area contributed by atoms with E-state index in [0.29, 0.717) is 6.54 Å². The van der Waals surface area contributed by atoms with Crippen LogP contribution in [0.1, 0.15) is 80.5 Å². The van der Waals surface area contributed by atoms with E-state index in [2.05, 4.69) is 147 Å². The summed E-state index contributed by atoms with van der Waals surface area (Å²) >= 11 is 0. The number of nitrogens with one attached hydrogen (secondary N) is 1. The predicted octanol–water partition coefficient (Wildman–Crippen LogP) is 12.3. The first kappa shape index (κ1) is 48.2. The molecule has 0 radical (unpaired) electrons. The summed E-state index contributed by atoms with van der Waals surface area (Å²) in [4.78, 5) is 24.7. The summed E-state index contributed by atoms with van der Waals surface area (Å²) in [5.41, 5.74) is 24.0. The van der Waals surface area contributed by atoms with Crippen LogP contribution in [0.4, 0.5) is 0 Å². The van der Waals surface area contributed by atoms with Crippen LogP contribution in [0, 0.1) is 20.8 Å². The molecule has 8 heterocycles. The Labute approximate surface area is 418 Å². The number of rotatable bonds is 12. The molecule has 0 bridgehead atoms. The Kier molecular flexibility index (Phi) is 14.9. The summed E-state index contributed by atoms with van der Waals surface area (Å²) in [6.07, 6.45) is 3.59. The van der Waals surface area contributed by atoms with Crippen LogP contribution in [0.25, 0.3) is 84.8 Å². The zero-order valence-corrected chi connectivity index (χ0v) is 42.6. The van der Waals surface area contributed by atoms with E-state index >= 15 is 0 Å². The summed E-state index contributed by atoms with van der Waals surface area (Å²) < 4.78 is 0. The number of allylic oxidation sites excluding steroid dienone is 1. The fraction of sp³-hybridized carbons (Fsp3) is 0.228. The Morgan fingerprint density at radius 3 is 1.25 bits per heavy atom. The summed E-state index contributed by atoms with van der Waals surface area (Å²) in [6.45, 7) is 17.5. The summed E-state index contributed by atoms with van der Waals surface area (Å²) in [5.74, 6) is 0. The minimum Gasteiger partial charge on any atom is -0.573 e. The number of benzene rings is 2. The maximum Gasteiger partial charge on any atom is 2.00 e. The Balaban J connectivity index is 0.000000183. The average Bonchev–Trinajstić information content (AvgIpc) is 4.18. The van der Waals surface area contributed by atoms with Crippen LogP contribution in [0.2, 0.25) is 0 Å². The van der Waals surface area contributed by atoms with Gasteiger partial charge in [-0.2, -0.15) is 5.10 Å². The largest absolute Gasteiger partial charge is 2.00 e. The molecule has 0 aliphatic carbocycles. The van der Waals surface area contributed by atoms with Crippen molar-refractivity contribution in [1.82, 2.24) is 50.5 Å². The first-order chi connectivity index (χ1) is 33.2. The average molecular weight is 1090 g/mol. The third-order valence-electron chi connectivity index (χ3n) is 12.9. The van der Waals surface area contributed by atoms with Crippen LogP contribution in [0.3, 0.4) is 0 Å². The molecule has 10 rings (SSSR count). The van der Waals surface area contributed by atoms with E-state index in [9.17, 15) is 0 Å². The standard InChI is InChI=1S/C29H29N5.C28H26N6.Pt/c1-5-23-18(3)22(17-30-23)27-15-9-13-25(31-27)20-11-7-8-12-21(20)26-14-10-16-28(32-26)29-19(4)24(6-2)33-34-29;1-5-21-17(3)27(33-31-21)25-15-9-13-23(29-25)19-11-7-8-12-20(19)24-14-10-16-26(30-24)28-18(4)22(6-2)32-34-28;/h7-16H,5-6,17H2,1-4H3,(H,33,34);7-16H,5-6H2,1-4H3;/q;-2;+2. The molecular weight excluding hydrogens is 1030 g/mol. The van der Waals surface area contributed by atoms with E-state index in [-0.39, 0.29) is 21.1 Å². The van der Waals surface area contributed by atoms with E-state index < -0.39 is 0 Å². The predicted molar refractivity (Wildman–Crippen MR) is 274 cm³/mol. The van der Waals surface area contributed by atoms with Crippen molar-refractivity contribution in [1.29, 1.82) is 0 Å². The van der Waals surface area contributed by atoms with Crippen LogP contribution >= 0.6 is 0 Å². The molecule has 0 atom stereocenters. The normalized spacial score (nSPS) is 12.1. The Hall–Kier alpha value is -7.23. The van der Waals surface area contributed by atoms with Gasteiger partial charge in [0.25, 0.3) is 0 Å². The quantitative estimate of drug-likeness (QED) is 0.126. The Morgan fingerprint density at radius 1 is 0.449 bits per heavy atom. The van der Waals surface area contributed by atoms with Crippen molar-refractivity contribution in [3.05, 3.63) is 166 Å². The molecule has 1 aliphatic rings. The van der Waals surface area contributed by atoms with Crippen LogP contribution in [-0.4, -0.2) is 52.6 Å². The summed E-state index contributed by atoms with van der Waals surface area (Å²) in [5, 5.41) is 25.1. The van der Waals surface area contributed by atoms with Crippen LogP contribution in [0.15, 0.2) is 132 Å². The molecule has 1 N–H and O–H groups in total. The molecule has 9 aromatic rings. The van der Waals surface area contributed by atoms with Crippen molar-refractivity contribution in [2.75, 3.05) is 6.54 Å². The number of aromatic nitrogens is 10. The molecule has 0 saturated carbocycles. The topological polar surface area (TPSA) is 147 Å². The van der Waals surface area contributed by atoms with Gasteiger partial charge in [-0.15, -0.1) is 0 Å². The van der Waals surface area contributed by atoms with E-state index in [4.69, 9.17) is 24.9 Å². The molecule has 0 amide bonds. The van der Waals surface area contributed by atoms with E-state index in [1.807, 2.05) is 60.7 Å². The van der Waals surface area contributed by atoms with Crippen molar-refractivity contribution in [2.45, 2.75) is 81.1 Å². The SMILES string of the molecule is CCC1=NCC(c2cccc(-c3ccccc3-c3cccc(-c4n[nH]c(CC)c4C)n3)n2)=C1C.CCc1n[n-]c(-c2cccc(-c3ccccc3-c3cccc(-c4[n-]nc(CC)c4C)n3)n2)c1C.[Pt+2]. The molecule has 348 valence electrons. The van der Waals surface area contributed by atoms with Crippen molar-refractivity contribution < 1.29 is 21.1 Å². The summed E-state index contributed by atoms with van der Waals surface area (Å²) in [7, 11) is 0. The first-order valence-corrected chi connectivity index (χ1v) is 23.5. The maximum atomic E-state index is 5.06. The zero-order valence-electron chi connectivity index (χ0n) is 40.4. The van der Waals surface area contributed by atoms with Gasteiger partial charge < -0.3 is 20.4 Å². The van der Waals surface area contributed by atoms with Gasteiger partial charge in [0.2, 0.25) is 0 Å². The third kappa shape index (κ3) is 9.74. The van der Waals surface area contributed by atoms with Gasteiger partial charge in [-0.05, 0) is 124 Å². The number of aliphatic imine (C=N–C) groups is 1. The fourth-order valence-corrected chi connectivity index (χ4v) is 8.98. The minimum atomic E-state index is 0. The molecule has 1 aliphatic heterocycles.